The summed E-state index contributed by atoms with van der Waals surface area (Å²) in [5, 5.41) is 10.5. The number of nitriles is 1. The zero-order valence-corrected chi connectivity index (χ0v) is 7.45. The molecule has 0 unspecified atom stereocenters. The van der Waals surface area contributed by atoms with Gasteiger partial charge in [0.1, 0.15) is 6.07 Å². The van der Waals surface area contributed by atoms with Gasteiger partial charge in [0.25, 0.3) is 0 Å². The number of nitrogens with zero attached hydrogens (tertiary/aromatic N) is 3. The number of hydrogen-bond acceptors (Lipinski definition) is 3. The van der Waals surface area contributed by atoms with Gasteiger partial charge in [0.15, 0.2) is 0 Å². The Morgan fingerprint density at radius 2 is 2.00 bits per heavy atom. The van der Waals surface area contributed by atoms with Crippen molar-refractivity contribution >= 4 is 23.2 Å². The van der Waals surface area contributed by atoms with Gasteiger partial charge in [-0.3, -0.25) is 9.97 Å². The molecule has 0 N–H and O–H groups in total. The van der Waals surface area contributed by atoms with Crippen LogP contribution in [0.1, 0.15) is 5.56 Å². The van der Waals surface area contributed by atoms with E-state index in [-0.39, 0.29) is 12.4 Å². The number of halogens is 1. The highest BCUT2D eigenvalue weighted by Gasteiger charge is 1.98. The molecule has 0 spiro atoms. The van der Waals surface area contributed by atoms with E-state index in [2.05, 4.69) is 16.0 Å². The number of rotatable bonds is 0. The first-order chi connectivity index (χ1) is 5.92. The maximum absolute atomic E-state index is 8.72. The van der Waals surface area contributed by atoms with E-state index in [4.69, 9.17) is 5.26 Å². The molecule has 4 heteroatoms. The summed E-state index contributed by atoms with van der Waals surface area (Å²) in [6, 6.07) is 3.90. The third kappa shape index (κ3) is 1.58. The summed E-state index contributed by atoms with van der Waals surface area (Å²) in [6.07, 6.45) is 6.63. The molecular weight excluding hydrogens is 186 g/mol. The molecule has 0 fully saturated rings. The van der Waals surface area contributed by atoms with Crippen LogP contribution in [-0.2, 0) is 0 Å². The fourth-order valence-corrected chi connectivity index (χ4v) is 1.09. The van der Waals surface area contributed by atoms with E-state index in [1.165, 1.54) is 0 Å². The fraction of sp³-hybridized carbons (Fsp3) is 0. The van der Waals surface area contributed by atoms with Gasteiger partial charge >= 0.3 is 0 Å². The van der Waals surface area contributed by atoms with E-state index in [0.29, 0.717) is 5.56 Å². The highest BCUT2D eigenvalue weighted by molar-refractivity contribution is 5.86. The van der Waals surface area contributed by atoms with Gasteiger partial charge in [-0.25, -0.2) is 0 Å². The lowest BCUT2D eigenvalue weighted by molar-refractivity contribution is 1.30. The SMILES string of the molecule is Cl.N#Cc1cncc2ccncc12. The van der Waals surface area contributed by atoms with Crippen molar-refractivity contribution in [2.75, 3.05) is 0 Å². The number of hydrogen-bond donors (Lipinski definition) is 0. The van der Waals surface area contributed by atoms with E-state index in [0.717, 1.165) is 10.8 Å². The van der Waals surface area contributed by atoms with Gasteiger partial charge < -0.3 is 0 Å². The van der Waals surface area contributed by atoms with E-state index in [1.807, 2.05) is 6.07 Å². The van der Waals surface area contributed by atoms with Crippen LogP contribution in [0.15, 0.2) is 30.9 Å². The van der Waals surface area contributed by atoms with Crippen LogP contribution >= 0.6 is 12.4 Å². The normalized spacial score (nSPS) is 8.85. The average molecular weight is 192 g/mol. The minimum Gasteiger partial charge on any atom is -0.264 e. The molecule has 2 aromatic rings. The zero-order valence-electron chi connectivity index (χ0n) is 6.64. The lowest BCUT2D eigenvalue weighted by Gasteiger charge is -1.95. The summed E-state index contributed by atoms with van der Waals surface area (Å²) in [5.74, 6) is 0. The van der Waals surface area contributed by atoms with Crippen molar-refractivity contribution in [2.45, 2.75) is 0 Å². The van der Waals surface area contributed by atoms with Gasteiger partial charge in [-0.2, -0.15) is 5.26 Å². The molecule has 0 saturated carbocycles. The predicted molar refractivity (Wildman–Crippen MR) is 51.5 cm³/mol. The van der Waals surface area contributed by atoms with Crippen molar-refractivity contribution in [3.05, 3.63) is 36.4 Å². The molecule has 0 aromatic carbocycles. The van der Waals surface area contributed by atoms with Crippen molar-refractivity contribution in [1.82, 2.24) is 9.97 Å². The monoisotopic (exact) mass is 191 g/mol. The second-order valence-electron chi connectivity index (χ2n) is 2.40. The lowest BCUT2D eigenvalue weighted by atomic mass is 10.1. The van der Waals surface area contributed by atoms with E-state index in [9.17, 15) is 0 Å². The van der Waals surface area contributed by atoms with Crippen LogP contribution in [0.3, 0.4) is 0 Å². The molecule has 0 amide bonds. The van der Waals surface area contributed by atoms with Crippen LogP contribution in [0, 0.1) is 11.3 Å². The van der Waals surface area contributed by atoms with E-state index in [1.54, 1.807) is 24.8 Å². The Morgan fingerprint density at radius 1 is 1.15 bits per heavy atom. The maximum atomic E-state index is 8.72. The highest BCUT2D eigenvalue weighted by Crippen LogP contribution is 2.13. The van der Waals surface area contributed by atoms with Crippen LogP contribution in [0.4, 0.5) is 0 Å². The smallest absolute Gasteiger partial charge is 0.101 e. The molecule has 64 valence electrons. The predicted octanol–water partition coefficient (Wildman–Crippen LogP) is 1.92. The van der Waals surface area contributed by atoms with Crippen molar-refractivity contribution in [3.63, 3.8) is 0 Å². The second-order valence-corrected chi connectivity index (χ2v) is 2.40. The molecule has 0 radical (unpaired) electrons. The molecule has 2 heterocycles. The van der Waals surface area contributed by atoms with Crippen molar-refractivity contribution < 1.29 is 0 Å². The Morgan fingerprint density at radius 3 is 2.77 bits per heavy atom. The molecular formula is C9H6ClN3. The summed E-state index contributed by atoms with van der Waals surface area (Å²) in [4.78, 5) is 7.88. The minimum atomic E-state index is 0. The van der Waals surface area contributed by atoms with Gasteiger partial charge in [0, 0.05) is 35.6 Å². The first kappa shape index (κ1) is 9.43. The minimum absolute atomic E-state index is 0. The molecule has 13 heavy (non-hydrogen) atoms. The van der Waals surface area contributed by atoms with Crippen LogP contribution in [0.2, 0.25) is 0 Å². The third-order valence-electron chi connectivity index (χ3n) is 1.68. The molecule has 0 aliphatic heterocycles. The highest BCUT2D eigenvalue weighted by atomic mass is 35.5. The zero-order chi connectivity index (χ0) is 8.39. The molecule has 0 aliphatic rings. The standard InChI is InChI=1S/C9H5N3.ClH/c10-3-8-5-12-4-7-1-2-11-6-9(7)8;/h1-2,4-6H;1H. The van der Waals surface area contributed by atoms with Gasteiger partial charge in [-0.15, -0.1) is 12.4 Å². The summed E-state index contributed by atoms with van der Waals surface area (Å²) in [6.45, 7) is 0. The van der Waals surface area contributed by atoms with Crippen LogP contribution < -0.4 is 0 Å². The Labute approximate surface area is 81.5 Å². The van der Waals surface area contributed by atoms with Crippen LogP contribution in [-0.4, -0.2) is 9.97 Å². The summed E-state index contributed by atoms with van der Waals surface area (Å²) in [7, 11) is 0. The number of pyridine rings is 2. The average Bonchev–Trinajstić information content (AvgIpc) is 2.17. The first-order valence-electron chi connectivity index (χ1n) is 3.49. The second kappa shape index (κ2) is 3.83. The molecule has 2 aromatic heterocycles. The van der Waals surface area contributed by atoms with Crippen molar-refractivity contribution in [1.29, 1.82) is 5.26 Å². The quantitative estimate of drug-likeness (QED) is 0.639. The summed E-state index contributed by atoms with van der Waals surface area (Å²) >= 11 is 0. The lowest BCUT2D eigenvalue weighted by Crippen LogP contribution is -1.82. The Balaban J connectivity index is 0.000000845. The van der Waals surface area contributed by atoms with Gasteiger partial charge in [0.2, 0.25) is 0 Å². The first-order valence-corrected chi connectivity index (χ1v) is 3.49. The maximum Gasteiger partial charge on any atom is 0.101 e. The molecule has 0 atom stereocenters. The van der Waals surface area contributed by atoms with Gasteiger partial charge in [-0.05, 0) is 6.07 Å². The fourth-order valence-electron chi connectivity index (χ4n) is 1.09. The number of fused-ring (bicyclic) bond motifs is 1. The van der Waals surface area contributed by atoms with E-state index >= 15 is 0 Å². The molecule has 0 aliphatic carbocycles. The molecule has 0 saturated heterocycles. The van der Waals surface area contributed by atoms with Crippen LogP contribution in [0.25, 0.3) is 10.8 Å². The number of aromatic nitrogens is 2. The van der Waals surface area contributed by atoms with Crippen LogP contribution in [0.5, 0.6) is 0 Å². The van der Waals surface area contributed by atoms with Gasteiger partial charge in [-0.1, -0.05) is 0 Å². The third-order valence-corrected chi connectivity index (χ3v) is 1.68. The van der Waals surface area contributed by atoms with Crippen molar-refractivity contribution in [3.8, 4) is 6.07 Å². The Kier molecular flexibility index (Phi) is 2.78. The molecule has 3 nitrogen and oxygen atoms in total. The topological polar surface area (TPSA) is 49.6 Å². The van der Waals surface area contributed by atoms with Crippen molar-refractivity contribution in [2.24, 2.45) is 0 Å². The van der Waals surface area contributed by atoms with Gasteiger partial charge in [0.05, 0.1) is 5.56 Å². The molecule has 0 bridgehead atoms. The summed E-state index contributed by atoms with van der Waals surface area (Å²) < 4.78 is 0. The summed E-state index contributed by atoms with van der Waals surface area (Å²) in [5.41, 5.74) is 0.570. The Bertz CT molecular complexity index is 456. The van der Waals surface area contributed by atoms with E-state index < -0.39 is 0 Å². The molecule has 2 rings (SSSR count). The largest absolute Gasteiger partial charge is 0.264 e. The Hall–Kier alpha value is -1.66.